The third-order valence-electron chi connectivity index (χ3n) is 3.50. The number of nitrogens with one attached hydrogen (secondary N) is 2. The standard InChI is InChI=1S/C14H26N4O5/c1-4-7(2)11(18-12(20)8(3)15)13(21)17-9(14(22)23)5-6-10(16)19/h7-9,11H,4-6,15H2,1-3H3,(H2,16,19)(H,17,21)(H,18,20)(H,22,23). The number of hydrogen-bond acceptors (Lipinski definition) is 5. The van der Waals surface area contributed by atoms with Crippen molar-refractivity contribution in [1.82, 2.24) is 10.6 Å². The minimum absolute atomic E-state index is 0.120. The van der Waals surface area contributed by atoms with Crippen molar-refractivity contribution in [3.8, 4) is 0 Å². The Kier molecular flexibility index (Phi) is 8.86. The Morgan fingerprint density at radius 3 is 2.04 bits per heavy atom. The molecule has 4 atom stereocenters. The Morgan fingerprint density at radius 2 is 1.65 bits per heavy atom. The van der Waals surface area contributed by atoms with E-state index in [9.17, 15) is 19.2 Å². The lowest BCUT2D eigenvalue weighted by molar-refractivity contribution is -0.142. The van der Waals surface area contributed by atoms with Crippen LogP contribution in [0.4, 0.5) is 0 Å². The SMILES string of the molecule is CCC(C)C(NC(=O)C(C)N)C(=O)NC(CCC(N)=O)C(=O)O. The zero-order valence-electron chi connectivity index (χ0n) is 13.7. The summed E-state index contributed by atoms with van der Waals surface area (Å²) in [7, 11) is 0. The second kappa shape index (κ2) is 9.78. The Labute approximate surface area is 135 Å². The largest absolute Gasteiger partial charge is 0.480 e. The number of carbonyl (C=O) groups excluding carboxylic acids is 3. The van der Waals surface area contributed by atoms with Crippen LogP contribution in [-0.2, 0) is 19.2 Å². The third-order valence-corrected chi connectivity index (χ3v) is 3.50. The summed E-state index contributed by atoms with van der Waals surface area (Å²) < 4.78 is 0. The van der Waals surface area contributed by atoms with Gasteiger partial charge in [0.15, 0.2) is 0 Å². The van der Waals surface area contributed by atoms with Crippen LogP contribution in [0.5, 0.6) is 0 Å². The van der Waals surface area contributed by atoms with Crippen molar-refractivity contribution in [2.75, 3.05) is 0 Å². The van der Waals surface area contributed by atoms with Crippen LogP contribution in [-0.4, -0.2) is 46.9 Å². The highest BCUT2D eigenvalue weighted by Gasteiger charge is 2.30. The fourth-order valence-corrected chi connectivity index (χ4v) is 1.79. The lowest BCUT2D eigenvalue weighted by Gasteiger charge is -2.26. The molecule has 3 amide bonds. The summed E-state index contributed by atoms with van der Waals surface area (Å²) in [6, 6.07) is -2.96. The lowest BCUT2D eigenvalue weighted by atomic mass is 9.97. The molecule has 0 aromatic carbocycles. The number of primary amides is 1. The molecule has 132 valence electrons. The first-order chi connectivity index (χ1) is 10.6. The van der Waals surface area contributed by atoms with Crippen LogP contribution < -0.4 is 22.1 Å². The molecule has 0 aliphatic rings. The van der Waals surface area contributed by atoms with Gasteiger partial charge in [0.2, 0.25) is 17.7 Å². The molecular weight excluding hydrogens is 304 g/mol. The maximum Gasteiger partial charge on any atom is 0.326 e. The highest BCUT2D eigenvalue weighted by atomic mass is 16.4. The van der Waals surface area contributed by atoms with Crippen molar-refractivity contribution in [1.29, 1.82) is 0 Å². The van der Waals surface area contributed by atoms with Crippen LogP contribution in [0, 0.1) is 5.92 Å². The van der Waals surface area contributed by atoms with Gasteiger partial charge in [-0.15, -0.1) is 0 Å². The molecule has 7 N–H and O–H groups in total. The van der Waals surface area contributed by atoms with Gasteiger partial charge >= 0.3 is 5.97 Å². The van der Waals surface area contributed by atoms with Gasteiger partial charge < -0.3 is 27.2 Å². The van der Waals surface area contributed by atoms with Gasteiger partial charge in [0.25, 0.3) is 0 Å². The molecule has 0 radical (unpaired) electrons. The van der Waals surface area contributed by atoms with E-state index in [1.165, 1.54) is 6.92 Å². The molecular formula is C14H26N4O5. The van der Waals surface area contributed by atoms with Crippen molar-refractivity contribution in [2.45, 2.75) is 58.2 Å². The summed E-state index contributed by atoms with van der Waals surface area (Å²) in [5.74, 6) is -3.29. The fraction of sp³-hybridized carbons (Fsp3) is 0.714. The average molecular weight is 330 g/mol. The molecule has 9 nitrogen and oxygen atoms in total. The topological polar surface area (TPSA) is 165 Å². The average Bonchev–Trinajstić information content (AvgIpc) is 2.46. The minimum Gasteiger partial charge on any atom is -0.480 e. The van der Waals surface area contributed by atoms with Gasteiger partial charge in [0.05, 0.1) is 6.04 Å². The second-order valence-corrected chi connectivity index (χ2v) is 5.56. The van der Waals surface area contributed by atoms with Crippen LogP contribution in [0.2, 0.25) is 0 Å². The summed E-state index contributed by atoms with van der Waals surface area (Å²) in [5.41, 5.74) is 10.5. The predicted octanol–water partition coefficient (Wildman–Crippen LogP) is -1.30. The molecule has 0 aromatic heterocycles. The van der Waals surface area contributed by atoms with E-state index in [0.717, 1.165) is 0 Å². The zero-order valence-corrected chi connectivity index (χ0v) is 13.7. The number of carboxylic acid groups (broad SMARTS) is 1. The highest BCUT2D eigenvalue weighted by Crippen LogP contribution is 2.09. The normalized spacial score (nSPS) is 15.8. The monoisotopic (exact) mass is 330 g/mol. The summed E-state index contributed by atoms with van der Waals surface area (Å²) in [6.45, 7) is 5.07. The summed E-state index contributed by atoms with van der Waals surface area (Å²) in [6.07, 6.45) is 0.304. The Hall–Kier alpha value is -2.16. The molecule has 0 saturated heterocycles. The molecule has 0 aromatic rings. The van der Waals surface area contributed by atoms with Crippen molar-refractivity contribution < 1.29 is 24.3 Å². The van der Waals surface area contributed by atoms with Crippen LogP contribution in [0.15, 0.2) is 0 Å². The number of aliphatic carboxylic acids is 1. The van der Waals surface area contributed by atoms with E-state index in [4.69, 9.17) is 16.6 Å². The van der Waals surface area contributed by atoms with Gasteiger partial charge in [-0.3, -0.25) is 14.4 Å². The number of hydrogen-bond donors (Lipinski definition) is 5. The maximum absolute atomic E-state index is 12.3. The highest BCUT2D eigenvalue weighted by molar-refractivity contribution is 5.92. The van der Waals surface area contributed by atoms with Crippen LogP contribution in [0.25, 0.3) is 0 Å². The summed E-state index contributed by atoms with van der Waals surface area (Å²) in [5, 5.41) is 14.0. The predicted molar refractivity (Wildman–Crippen MR) is 83.0 cm³/mol. The minimum atomic E-state index is -1.28. The number of amides is 3. The van der Waals surface area contributed by atoms with Gasteiger partial charge in [-0.1, -0.05) is 20.3 Å². The van der Waals surface area contributed by atoms with Crippen molar-refractivity contribution in [2.24, 2.45) is 17.4 Å². The fourth-order valence-electron chi connectivity index (χ4n) is 1.79. The van der Waals surface area contributed by atoms with Crippen LogP contribution >= 0.6 is 0 Å². The first kappa shape index (κ1) is 20.8. The Bertz CT molecular complexity index is 452. The molecule has 0 bridgehead atoms. The molecule has 0 aliphatic heterocycles. The molecule has 0 rings (SSSR count). The summed E-state index contributed by atoms with van der Waals surface area (Å²) in [4.78, 5) is 46.0. The van der Waals surface area contributed by atoms with E-state index in [-0.39, 0.29) is 18.8 Å². The number of carboxylic acids is 1. The van der Waals surface area contributed by atoms with Gasteiger partial charge in [-0.05, 0) is 19.3 Å². The molecule has 0 saturated carbocycles. The van der Waals surface area contributed by atoms with Crippen LogP contribution in [0.1, 0.15) is 40.0 Å². The number of carbonyl (C=O) groups is 4. The first-order valence-corrected chi connectivity index (χ1v) is 7.47. The molecule has 0 spiro atoms. The van der Waals surface area contributed by atoms with E-state index in [2.05, 4.69) is 10.6 Å². The van der Waals surface area contributed by atoms with Crippen LogP contribution in [0.3, 0.4) is 0 Å². The van der Waals surface area contributed by atoms with Gasteiger partial charge in [-0.25, -0.2) is 4.79 Å². The van der Waals surface area contributed by atoms with Crippen molar-refractivity contribution >= 4 is 23.7 Å². The molecule has 9 heteroatoms. The smallest absolute Gasteiger partial charge is 0.326 e. The molecule has 0 aliphatic carbocycles. The summed E-state index contributed by atoms with van der Waals surface area (Å²) >= 11 is 0. The van der Waals surface area contributed by atoms with Gasteiger partial charge in [0, 0.05) is 6.42 Å². The molecule has 0 heterocycles. The van der Waals surface area contributed by atoms with Gasteiger partial charge in [0.1, 0.15) is 12.1 Å². The third kappa shape index (κ3) is 7.59. The number of nitrogens with two attached hydrogens (primary N) is 2. The lowest BCUT2D eigenvalue weighted by Crippen LogP contribution is -2.56. The first-order valence-electron chi connectivity index (χ1n) is 7.47. The maximum atomic E-state index is 12.3. The second-order valence-electron chi connectivity index (χ2n) is 5.56. The number of rotatable bonds is 10. The zero-order chi connectivity index (χ0) is 18.2. The van der Waals surface area contributed by atoms with E-state index in [1.807, 2.05) is 6.92 Å². The molecule has 0 fully saturated rings. The van der Waals surface area contributed by atoms with E-state index < -0.39 is 41.8 Å². The Balaban J connectivity index is 5.00. The quantitative estimate of drug-likeness (QED) is 0.334. The van der Waals surface area contributed by atoms with Gasteiger partial charge in [-0.2, -0.15) is 0 Å². The van der Waals surface area contributed by atoms with E-state index in [1.54, 1.807) is 6.92 Å². The molecule has 4 unspecified atom stereocenters. The molecule has 23 heavy (non-hydrogen) atoms. The van der Waals surface area contributed by atoms with Crippen molar-refractivity contribution in [3.63, 3.8) is 0 Å². The van der Waals surface area contributed by atoms with E-state index in [0.29, 0.717) is 6.42 Å². The Morgan fingerprint density at radius 1 is 1.09 bits per heavy atom. The van der Waals surface area contributed by atoms with Crippen molar-refractivity contribution in [3.05, 3.63) is 0 Å². The van der Waals surface area contributed by atoms with E-state index >= 15 is 0 Å².